The van der Waals surface area contributed by atoms with Gasteiger partial charge in [-0.2, -0.15) is 0 Å². The maximum Gasteiger partial charge on any atom is 0.166 e. The Bertz CT molecular complexity index is 439. The highest BCUT2D eigenvalue weighted by molar-refractivity contribution is 9.10. The highest BCUT2D eigenvalue weighted by atomic mass is 79.9. The van der Waals surface area contributed by atoms with Crippen molar-refractivity contribution >= 4 is 21.7 Å². The van der Waals surface area contributed by atoms with Gasteiger partial charge in [0, 0.05) is 21.5 Å². The minimum Gasteiger partial charge on any atom is -0.298 e. The van der Waals surface area contributed by atoms with Crippen LogP contribution in [-0.4, -0.2) is 29.3 Å². The number of piperidine rings is 1. The topological polar surface area (TPSA) is 20.3 Å². The summed E-state index contributed by atoms with van der Waals surface area (Å²) in [6, 6.07) is 7.72. The number of carbonyl (C=O) groups is 1. The second kappa shape index (κ2) is 5.76. The second-order valence-electron chi connectivity index (χ2n) is 6.30. The average molecular weight is 324 g/mol. The van der Waals surface area contributed by atoms with E-state index in [1.807, 2.05) is 24.3 Å². The van der Waals surface area contributed by atoms with E-state index in [-0.39, 0.29) is 11.5 Å². The van der Waals surface area contributed by atoms with Crippen molar-refractivity contribution in [3.05, 3.63) is 34.3 Å². The van der Waals surface area contributed by atoms with Crippen molar-refractivity contribution < 1.29 is 4.79 Å². The van der Waals surface area contributed by atoms with Crippen LogP contribution in [0.1, 0.15) is 44.0 Å². The van der Waals surface area contributed by atoms with Crippen LogP contribution in [0.5, 0.6) is 0 Å². The molecule has 104 valence electrons. The van der Waals surface area contributed by atoms with Gasteiger partial charge in [-0.05, 0) is 58.8 Å². The number of rotatable bonds is 2. The summed E-state index contributed by atoms with van der Waals surface area (Å²) in [4.78, 5) is 14.9. The molecule has 1 heterocycles. The van der Waals surface area contributed by atoms with Gasteiger partial charge in [-0.1, -0.05) is 28.1 Å². The van der Waals surface area contributed by atoms with Crippen LogP contribution in [0.15, 0.2) is 28.7 Å². The zero-order valence-corrected chi connectivity index (χ0v) is 13.5. The number of carbonyl (C=O) groups excluding carboxylic acids is 1. The lowest BCUT2D eigenvalue weighted by Crippen LogP contribution is -2.47. The quantitative estimate of drug-likeness (QED) is 0.762. The summed E-state index contributed by atoms with van der Waals surface area (Å²) in [7, 11) is 0. The van der Waals surface area contributed by atoms with Crippen LogP contribution in [0.3, 0.4) is 0 Å². The first-order chi connectivity index (χ1) is 8.88. The van der Waals surface area contributed by atoms with E-state index < -0.39 is 0 Å². The minimum atomic E-state index is 0.194. The molecule has 0 N–H and O–H groups in total. The van der Waals surface area contributed by atoms with E-state index in [1.165, 1.54) is 0 Å². The van der Waals surface area contributed by atoms with Crippen LogP contribution in [0.2, 0.25) is 0 Å². The molecule has 0 spiro atoms. The lowest BCUT2D eigenvalue weighted by atomic mass is 9.87. The van der Waals surface area contributed by atoms with Gasteiger partial charge in [-0.3, -0.25) is 9.69 Å². The molecule has 1 aromatic rings. The summed E-state index contributed by atoms with van der Waals surface area (Å²) in [5.74, 6) is 0.501. The Balaban J connectivity index is 1.98. The Morgan fingerprint density at radius 3 is 2.16 bits per heavy atom. The molecule has 19 heavy (non-hydrogen) atoms. The van der Waals surface area contributed by atoms with Crippen molar-refractivity contribution in [2.75, 3.05) is 13.1 Å². The van der Waals surface area contributed by atoms with Gasteiger partial charge < -0.3 is 0 Å². The molecule has 1 fully saturated rings. The van der Waals surface area contributed by atoms with Crippen LogP contribution in [-0.2, 0) is 0 Å². The third kappa shape index (κ3) is 3.67. The Kier molecular flexibility index (Phi) is 4.46. The van der Waals surface area contributed by atoms with Crippen molar-refractivity contribution in [1.82, 2.24) is 4.90 Å². The van der Waals surface area contributed by atoms with Gasteiger partial charge in [0.15, 0.2) is 5.78 Å². The van der Waals surface area contributed by atoms with Crippen molar-refractivity contribution in [2.45, 2.75) is 39.2 Å². The van der Waals surface area contributed by atoms with E-state index in [0.717, 1.165) is 36.0 Å². The molecule has 0 aromatic heterocycles. The monoisotopic (exact) mass is 323 g/mol. The van der Waals surface area contributed by atoms with Gasteiger partial charge in [-0.15, -0.1) is 0 Å². The minimum absolute atomic E-state index is 0.194. The molecule has 2 nitrogen and oxygen atoms in total. The first-order valence-corrected chi connectivity index (χ1v) is 7.72. The molecule has 0 atom stereocenters. The number of ketones is 1. The van der Waals surface area contributed by atoms with Crippen LogP contribution < -0.4 is 0 Å². The molecule has 0 bridgehead atoms. The van der Waals surface area contributed by atoms with Gasteiger partial charge in [0.05, 0.1) is 0 Å². The van der Waals surface area contributed by atoms with Crippen molar-refractivity contribution in [1.29, 1.82) is 0 Å². The molecule has 3 heteroatoms. The fraction of sp³-hybridized carbons (Fsp3) is 0.562. The van der Waals surface area contributed by atoms with E-state index in [9.17, 15) is 4.79 Å². The first kappa shape index (κ1) is 14.7. The van der Waals surface area contributed by atoms with Gasteiger partial charge in [-0.25, -0.2) is 0 Å². The summed E-state index contributed by atoms with van der Waals surface area (Å²) < 4.78 is 1.02. The van der Waals surface area contributed by atoms with Crippen molar-refractivity contribution in [3.8, 4) is 0 Å². The van der Waals surface area contributed by atoms with Gasteiger partial charge >= 0.3 is 0 Å². The number of Topliss-reactive ketones (excluding diaryl/α,β-unsaturated/α-hetero) is 1. The van der Waals surface area contributed by atoms with Gasteiger partial charge in [0.2, 0.25) is 0 Å². The van der Waals surface area contributed by atoms with Gasteiger partial charge in [0.25, 0.3) is 0 Å². The number of hydrogen-bond acceptors (Lipinski definition) is 2. The summed E-state index contributed by atoms with van der Waals surface area (Å²) in [5.41, 5.74) is 1.06. The predicted octanol–water partition coefficient (Wildman–Crippen LogP) is 4.14. The van der Waals surface area contributed by atoms with E-state index in [0.29, 0.717) is 5.78 Å². The second-order valence-corrected chi connectivity index (χ2v) is 7.22. The van der Waals surface area contributed by atoms with Crippen LogP contribution in [0, 0.1) is 5.92 Å². The molecule has 1 aliphatic heterocycles. The normalized spacial score (nSPS) is 18.5. The van der Waals surface area contributed by atoms with Crippen molar-refractivity contribution in [2.24, 2.45) is 5.92 Å². The summed E-state index contributed by atoms with van der Waals surface area (Å²) in [6.45, 7) is 8.77. The Morgan fingerprint density at radius 2 is 1.68 bits per heavy atom. The maximum atomic E-state index is 12.4. The molecule has 1 saturated heterocycles. The molecule has 0 unspecified atom stereocenters. The van der Waals surface area contributed by atoms with E-state index >= 15 is 0 Å². The lowest BCUT2D eigenvalue weighted by molar-refractivity contribution is 0.0675. The predicted molar refractivity (Wildman–Crippen MR) is 82.5 cm³/mol. The number of benzene rings is 1. The molecule has 0 saturated carbocycles. The molecular weight excluding hydrogens is 302 g/mol. The van der Waals surface area contributed by atoms with E-state index in [4.69, 9.17) is 0 Å². The summed E-state index contributed by atoms with van der Waals surface area (Å²) in [6.07, 6.45) is 1.96. The Labute approximate surface area is 124 Å². The number of likely N-dealkylation sites (tertiary alicyclic amines) is 1. The van der Waals surface area contributed by atoms with Crippen LogP contribution >= 0.6 is 15.9 Å². The molecular formula is C16H22BrNO. The zero-order valence-electron chi connectivity index (χ0n) is 11.9. The van der Waals surface area contributed by atoms with Crippen LogP contribution in [0.25, 0.3) is 0 Å². The fourth-order valence-corrected chi connectivity index (χ4v) is 2.93. The maximum absolute atomic E-state index is 12.4. The number of halogens is 1. The lowest BCUT2D eigenvalue weighted by Gasteiger charge is -2.40. The zero-order chi connectivity index (χ0) is 14.0. The molecule has 0 aliphatic carbocycles. The third-order valence-corrected chi connectivity index (χ3v) is 4.47. The molecule has 2 rings (SSSR count). The summed E-state index contributed by atoms with van der Waals surface area (Å²) in [5, 5.41) is 0. The Hall–Kier alpha value is -0.670. The van der Waals surface area contributed by atoms with E-state index in [2.05, 4.69) is 41.6 Å². The molecule has 1 aromatic carbocycles. The van der Waals surface area contributed by atoms with E-state index in [1.54, 1.807) is 0 Å². The van der Waals surface area contributed by atoms with Crippen LogP contribution in [0.4, 0.5) is 0 Å². The largest absolute Gasteiger partial charge is 0.298 e. The fourth-order valence-electron chi connectivity index (χ4n) is 2.66. The first-order valence-electron chi connectivity index (χ1n) is 6.93. The molecule has 0 radical (unpaired) electrons. The van der Waals surface area contributed by atoms with Gasteiger partial charge in [0.1, 0.15) is 0 Å². The number of nitrogens with zero attached hydrogens (tertiary/aromatic N) is 1. The number of hydrogen-bond donors (Lipinski definition) is 0. The highest BCUT2D eigenvalue weighted by Crippen LogP contribution is 2.26. The molecule has 0 amide bonds. The summed E-state index contributed by atoms with van der Waals surface area (Å²) >= 11 is 3.40. The average Bonchev–Trinajstić information content (AvgIpc) is 2.38. The Morgan fingerprint density at radius 1 is 1.16 bits per heavy atom. The smallest absolute Gasteiger partial charge is 0.166 e. The standard InChI is InChI=1S/C16H22BrNO/c1-16(2,3)18-10-8-13(9-11-18)15(19)12-4-6-14(17)7-5-12/h4-7,13H,8-11H2,1-3H3. The third-order valence-electron chi connectivity index (χ3n) is 3.94. The van der Waals surface area contributed by atoms with Crippen molar-refractivity contribution in [3.63, 3.8) is 0 Å². The molecule has 1 aliphatic rings. The highest BCUT2D eigenvalue weighted by Gasteiger charge is 2.30. The SMILES string of the molecule is CC(C)(C)N1CCC(C(=O)c2ccc(Br)cc2)CC1.